The zero-order valence-corrected chi connectivity index (χ0v) is 14.8. The van der Waals surface area contributed by atoms with Crippen LogP contribution in [0.2, 0.25) is 0 Å². The number of imidazole rings is 1. The van der Waals surface area contributed by atoms with Crippen molar-refractivity contribution in [2.45, 2.75) is 33.4 Å². The summed E-state index contributed by atoms with van der Waals surface area (Å²) >= 11 is 3.45. The lowest BCUT2D eigenvalue weighted by molar-refractivity contribution is -0.122. The van der Waals surface area contributed by atoms with Crippen LogP contribution >= 0.6 is 15.9 Å². The summed E-state index contributed by atoms with van der Waals surface area (Å²) in [6, 6.07) is 7.76. The molecular formula is C16H20BrN3O2. The normalized spacial score (nSPS) is 10.8. The molecule has 22 heavy (non-hydrogen) atoms. The molecule has 1 N–H and O–H groups in total. The minimum atomic E-state index is -0.0350. The Kier molecular flexibility index (Phi) is 5.24. The highest BCUT2D eigenvalue weighted by molar-refractivity contribution is 9.10. The summed E-state index contributed by atoms with van der Waals surface area (Å²) in [5.41, 5.74) is 1.82. The molecule has 118 valence electrons. The summed E-state index contributed by atoms with van der Waals surface area (Å²) < 4.78 is 7.90. The summed E-state index contributed by atoms with van der Waals surface area (Å²) in [6.45, 7) is 6.05. The quantitative estimate of drug-likeness (QED) is 0.885. The molecule has 0 unspecified atom stereocenters. The molecule has 2 rings (SSSR count). The van der Waals surface area contributed by atoms with E-state index in [1.54, 1.807) is 7.11 Å². The van der Waals surface area contributed by atoms with E-state index in [0.29, 0.717) is 0 Å². The van der Waals surface area contributed by atoms with Gasteiger partial charge in [0.2, 0.25) is 5.91 Å². The molecule has 0 saturated carbocycles. The summed E-state index contributed by atoms with van der Waals surface area (Å²) in [7, 11) is 1.63. The average Bonchev–Trinajstić information content (AvgIpc) is 2.75. The molecule has 0 radical (unpaired) electrons. The van der Waals surface area contributed by atoms with E-state index in [0.717, 1.165) is 27.4 Å². The number of benzene rings is 1. The van der Waals surface area contributed by atoms with Gasteiger partial charge in [0, 0.05) is 17.3 Å². The van der Waals surface area contributed by atoms with Crippen LogP contribution < -0.4 is 10.1 Å². The largest absolute Gasteiger partial charge is 0.497 e. The molecule has 1 aromatic heterocycles. The van der Waals surface area contributed by atoms with Crippen LogP contribution in [0, 0.1) is 6.92 Å². The minimum absolute atomic E-state index is 0.0350. The highest BCUT2D eigenvalue weighted by atomic mass is 79.9. The first-order valence-electron chi connectivity index (χ1n) is 7.08. The van der Waals surface area contributed by atoms with Gasteiger partial charge in [0.25, 0.3) is 0 Å². The number of methoxy groups -OCH3 is 1. The van der Waals surface area contributed by atoms with Crippen LogP contribution in [0.1, 0.15) is 19.5 Å². The van der Waals surface area contributed by atoms with Gasteiger partial charge >= 0.3 is 0 Å². The fourth-order valence-corrected chi connectivity index (χ4v) is 2.57. The highest BCUT2D eigenvalue weighted by Crippen LogP contribution is 2.27. The van der Waals surface area contributed by atoms with Crippen molar-refractivity contribution in [3.8, 4) is 17.1 Å². The number of carbonyl (C=O) groups excluding carboxylic acids is 1. The van der Waals surface area contributed by atoms with E-state index in [2.05, 4.69) is 26.2 Å². The molecule has 0 saturated heterocycles. The number of carbonyl (C=O) groups is 1. The maximum atomic E-state index is 12.1. The second kappa shape index (κ2) is 6.96. The van der Waals surface area contributed by atoms with Crippen LogP contribution in [-0.4, -0.2) is 28.6 Å². The predicted octanol–water partition coefficient (Wildman–Crippen LogP) is 3.15. The Morgan fingerprint density at radius 2 is 2.18 bits per heavy atom. The molecule has 0 atom stereocenters. The van der Waals surface area contributed by atoms with Crippen molar-refractivity contribution in [2.75, 3.05) is 7.11 Å². The number of aromatic nitrogens is 2. The average molecular weight is 366 g/mol. The number of nitrogens with zero attached hydrogens (tertiary/aromatic N) is 2. The third kappa shape index (κ3) is 3.68. The van der Waals surface area contributed by atoms with E-state index < -0.39 is 0 Å². The lowest BCUT2D eigenvalue weighted by Gasteiger charge is -2.13. The van der Waals surface area contributed by atoms with E-state index in [4.69, 9.17) is 4.74 Å². The molecule has 0 aliphatic heterocycles. The molecule has 0 aliphatic carbocycles. The molecule has 1 heterocycles. The van der Waals surface area contributed by atoms with Crippen molar-refractivity contribution < 1.29 is 9.53 Å². The molecule has 0 fully saturated rings. The number of nitrogens with one attached hydrogen (secondary N) is 1. The molecule has 2 aromatic rings. The minimum Gasteiger partial charge on any atom is -0.497 e. The van der Waals surface area contributed by atoms with Crippen LogP contribution in [0.15, 0.2) is 28.9 Å². The fourth-order valence-electron chi connectivity index (χ4n) is 2.19. The van der Waals surface area contributed by atoms with Crippen LogP contribution in [0.25, 0.3) is 11.4 Å². The Bertz CT molecular complexity index is 680. The van der Waals surface area contributed by atoms with Crippen LogP contribution in [0.4, 0.5) is 0 Å². The standard InChI is InChI=1S/C16H20BrN3O2/c1-10(2)18-14(21)9-20-11(3)15(17)19-16(20)12-6-5-7-13(8-12)22-4/h5-8,10H,9H2,1-4H3,(H,18,21). The Hall–Kier alpha value is -1.82. The van der Waals surface area contributed by atoms with Crippen molar-refractivity contribution in [3.63, 3.8) is 0 Å². The van der Waals surface area contributed by atoms with Gasteiger partial charge in [-0.2, -0.15) is 0 Å². The molecule has 0 spiro atoms. The van der Waals surface area contributed by atoms with Crippen molar-refractivity contribution in [1.29, 1.82) is 0 Å². The van der Waals surface area contributed by atoms with Crippen molar-refractivity contribution in [2.24, 2.45) is 0 Å². The number of rotatable bonds is 5. The van der Waals surface area contributed by atoms with Crippen molar-refractivity contribution >= 4 is 21.8 Å². The SMILES string of the molecule is COc1cccc(-c2nc(Br)c(C)n2CC(=O)NC(C)C)c1. The lowest BCUT2D eigenvalue weighted by Crippen LogP contribution is -2.33. The maximum absolute atomic E-state index is 12.1. The number of amides is 1. The van der Waals surface area contributed by atoms with E-state index in [9.17, 15) is 4.79 Å². The Labute approximate surface area is 138 Å². The number of halogens is 1. The number of hydrogen-bond donors (Lipinski definition) is 1. The van der Waals surface area contributed by atoms with Gasteiger partial charge in [-0.25, -0.2) is 4.98 Å². The maximum Gasteiger partial charge on any atom is 0.240 e. The van der Waals surface area contributed by atoms with E-state index in [1.165, 1.54) is 0 Å². The third-order valence-corrected chi connectivity index (χ3v) is 3.99. The molecule has 1 amide bonds. The Balaban J connectivity index is 2.39. The Morgan fingerprint density at radius 3 is 2.82 bits per heavy atom. The van der Waals surface area contributed by atoms with Crippen molar-refractivity contribution in [3.05, 3.63) is 34.6 Å². The van der Waals surface area contributed by atoms with Crippen LogP contribution in [-0.2, 0) is 11.3 Å². The molecule has 5 nitrogen and oxygen atoms in total. The van der Waals surface area contributed by atoms with Gasteiger partial charge < -0.3 is 14.6 Å². The van der Waals surface area contributed by atoms with E-state index in [1.807, 2.05) is 49.6 Å². The first-order chi connectivity index (χ1) is 10.4. The smallest absolute Gasteiger partial charge is 0.240 e. The first kappa shape index (κ1) is 16.5. The van der Waals surface area contributed by atoms with Gasteiger partial charge in [0.1, 0.15) is 22.7 Å². The molecule has 0 bridgehead atoms. The number of ether oxygens (including phenoxy) is 1. The third-order valence-electron chi connectivity index (χ3n) is 3.24. The molecule has 0 aliphatic rings. The van der Waals surface area contributed by atoms with Crippen LogP contribution in [0.3, 0.4) is 0 Å². The van der Waals surface area contributed by atoms with Gasteiger partial charge in [-0.05, 0) is 48.8 Å². The summed E-state index contributed by atoms with van der Waals surface area (Å²) in [5, 5.41) is 2.90. The second-order valence-corrected chi connectivity index (χ2v) is 6.10. The van der Waals surface area contributed by atoms with Gasteiger partial charge in [-0.15, -0.1) is 0 Å². The summed E-state index contributed by atoms with van der Waals surface area (Å²) in [4.78, 5) is 16.6. The summed E-state index contributed by atoms with van der Waals surface area (Å²) in [6.07, 6.45) is 0. The first-order valence-corrected chi connectivity index (χ1v) is 7.88. The fraction of sp³-hybridized carbons (Fsp3) is 0.375. The number of hydrogen-bond acceptors (Lipinski definition) is 3. The predicted molar refractivity (Wildman–Crippen MR) is 89.9 cm³/mol. The topological polar surface area (TPSA) is 56.2 Å². The lowest BCUT2D eigenvalue weighted by atomic mass is 10.2. The van der Waals surface area contributed by atoms with Crippen molar-refractivity contribution in [1.82, 2.24) is 14.9 Å². The zero-order chi connectivity index (χ0) is 16.3. The van der Waals surface area contributed by atoms with Gasteiger partial charge in [-0.3, -0.25) is 4.79 Å². The van der Waals surface area contributed by atoms with Gasteiger partial charge in [-0.1, -0.05) is 12.1 Å². The molecule has 6 heteroatoms. The molecule has 1 aromatic carbocycles. The van der Waals surface area contributed by atoms with E-state index >= 15 is 0 Å². The zero-order valence-electron chi connectivity index (χ0n) is 13.2. The second-order valence-electron chi connectivity index (χ2n) is 5.35. The molecular weight excluding hydrogens is 346 g/mol. The van der Waals surface area contributed by atoms with Crippen LogP contribution in [0.5, 0.6) is 5.75 Å². The monoisotopic (exact) mass is 365 g/mol. The highest BCUT2D eigenvalue weighted by Gasteiger charge is 2.17. The summed E-state index contributed by atoms with van der Waals surface area (Å²) in [5.74, 6) is 1.46. The van der Waals surface area contributed by atoms with E-state index in [-0.39, 0.29) is 18.5 Å². The Morgan fingerprint density at radius 1 is 1.45 bits per heavy atom. The van der Waals surface area contributed by atoms with Gasteiger partial charge in [0.05, 0.1) is 7.11 Å². The van der Waals surface area contributed by atoms with Gasteiger partial charge in [0.15, 0.2) is 0 Å².